The summed E-state index contributed by atoms with van der Waals surface area (Å²) in [5.41, 5.74) is 1.82. The lowest BCUT2D eigenvalue weighted by molar-refractivity contribution is -0.123. The molecule has 0 amide bonds. The number of thiazole rings is 1. The van der Waals surface area contributed by atoms with Crippen molar-refractivity contribution in [1.82, 2.24) is 10.3 Å². The van der Waals surface area contributed by atoms with Gasteiger partial charge in [0.15, 0.2) is 0 Å². The van der Waals surface area contributed by atoms with Crippen LogP contribution in [0, 0.1) is 5.92 Å². The van der Waals surface area contributed by atoms with Crippen LogP contribution in [0.2, 0.25) is 0 Å². The summed E-state index contributed by atoms with van der Waals surface area (Å²) in [6.07, 6.45) is 3.40. The molecule has 0 bridgehead atoms. The third kappa shape index (κ3) is 2.14. The molecule has 1 aromatic heterocycles. The number of aromatic nitrogens is 1. The molecule has 1 aliphatic rings. The van der Waals surface area contributed by atoms with E-state index in [9.17, 15) is 4.79 Å². The summed E-state index contributed by atoms with van der Waals surface area (Å²) in [6.45, 7) is 1.68. The fourth-order valence-corrected chi connectivity index (χ4v) is 2.25. The Bertz CT molecular complexity index is 284. The maximum atomic E-state index is 11.5. The minimum atomic E-state index is 0.175. The van der Waals surface area contributed by atoms with Crippen LogP contribution in [0.1, 0.15) is 11.3 Å². The van der Waals surface area contributed by atoms with Crippen molar-refractivity contribution in [3.8, 4) is 0 Å². The predicted molar refractivity (Wildman–Crippen MR) is 51.8 cm³/mol. The molecule has 1 saturated heterocycles. The van der Waals surface area contributed by atoms with E-state index in [1.54, 1.807) is 11.3 Å². The maximum Gasteiger partial charge on any atom is 0.138 e. The standard InChI is InChI=1S/C9H12N2OS/c12-9-1-2-10-4-7(9)3-8-5-11-6-13-8/h5-7,10H,1-4H2. The number of ketones is 1. The first kappa shape index (κ1) is 8.84. The number of piperidine rings is 1. The Kier molecular flexibility index (Phi) is 2.71. The normalized spacial score (nSPS) is 23.4. The van der Waals surface area contributed by atoms with Crippen LogP contribution in [0.25, 0.3) is 0 Å². The van der Waals surface area contributed by atoms with E-state index >= 15 is 0 Å². The SMILES string of the molecule is O=C1CCNCC1Cc1cncs1. The molecule has 0 radical (unpaired) electrons. The Morgan fingerprint density at radius 2 is 2.62 bits per heavy atom. The average molecular weight is 196 g/mol. The van der Waals surface area contributed by atoms with E-state index in [1.807, 2.05) is 11.7 Å². The Labute approximate surface area is 81.2 Å². The molecule has 1 aromatic rings. The topological polar surface area (TPSA) is 42.0 Å². The molecule has 0 spiro atoms. The van der Waals surface area contributed by atoms with Gasteiger partial charge >= 0.3 is 0 Å². The van der Waals surface area contributed by atoms with Crippen LogP contribution >= 0.6 is 11.3 Å². The number of nitrogens with zero attached hydrogens (tertiary/aromatic N) is 1. The largest absolute Gasteiger partial charge is 0.316 e. The zero-order valence-electron chi connectivity index (χ0n) is 7.32. The number of hydrogen-bond donors (Lipinski definition) is 1. The predicted octanol–water partition coefficient (Wildman–Crippen LogP) is 0.864. The Balaban J connectivity index is 1.97. The molecular weight excluding hydrogens is 184 g/mol. The molecule has 4 heteroatoms. The monoisotopic (exact) mass is 196 g/mol. The van der Waals surface area contributed by atoms with Crippen molar-refractivity contribution in [3.05, 3.63) is 16.6 Å². The lowest BCUT2D eigenvalue weighted by Gasteiger charge is -2.20. The third-order valence-electron chi connectivity index (χ3n) is 2.33. The van der Waals surface area contributed by atoms with Gasteiger partial charge in [0.25, 0.3) is 0 Å². The zero-order valence-corrected chi connectivity index (χ0v) is 8.14. The highest BCUT2D eigenvalue weighted by Gasteiger charge is 2.22. The van der Waals surface area contributed by atoms with Gasteiger partial charge in [0.2, 0.25) is 0 Å². The molecular formula is C9H12N2OS. The van der Waals surface area contributed by atoms with Gasteiger partial charge in [-0.2, -0.15) is 0 Å². The summed E-state index contributed by atoms with van der Waals surface area (Å²) in [6, 6.07) is 0. The van der Waals surface area contributed by atoms with Crippen LogP contribution in [0.4, 0.5) is 0 Å². The van der Waals surface area contributed by atoms with Gasteiger partial charge < -0.3 is 5.32 Å². The number of nitrogens with one attached hydrogen (secondary N) is 1. The number of carbonyl (C=O) groups excluding carboxylic acids is 1. The fourth-order valence-electron chi connectivity index (χ4n) is 1.58. The molecule has 1 N–H and O–H groups in total. The molecule has 2 heterocycles. The first-order valence-electron chi connectivity index (χ1n) is 4.47. The molecule has 3 nitrogen and oxygen atoms in total. The minimum absolute atomic E-state index is 0.175. The minimum Gasteiger partial charge on any atom is -0.316 e. The van der Waals surface area contributed by atoms with E-state index in [4.69, 9.17) is 0 Å². The molecule has 1 atom stereocenters. The van der Waals surface area contributed by atoms with Crippen LogP contribution in [0.3, 0.4) is 0 Å². The fraction of sp³-hybridized carbons (Fsp3) is 0.556. The molecule has 13 heavy (non-hydrogen) atoms. The van der Waals surface area contributed by atoms with Crippen LogP contribution < -0.4 is 5.32 Å². The summed E-state index contributed by atoms with van der Waals surface area (Å²) >= 11 is 1.63. The summed E-state index contributed by atoms with van der Waals surface area (Å²) in [5, 5.41) is 3.24. The number of carbonyl (C=O) groups is 1. The van der Waals surface area contributed by atoms with E-state index in [2.05, 4.69) is 10.3 Å². The molecule has 1 unspecified atom stereocenters. The molecule has 1 fully saturated rings. The quantitative estimate of drug-likeness (QED) is 0.763. The van der Waals surface area contributed by atoms with Gasteiger partial charge in [-0.15, -0.1) is 11.3 Å². The van der Waals surface area contributed by atoms with Crippen LogP contribution in [0.15, 0.2) is 11.7 Å². The molecule has 0 aliphatic carbocycles. The Morgan fingerprint density at radius 3 is 3.31 bits per heavy atom. The average Bonchev–Trinajstić information content (AvgIpc) is 2.61. The van der Waals surface area contributed by atoms with Gasteiger partial charge in [-0.3, -0.25) is 9.78 Å². The van der Waals surface area contributed by atoms with Gasteiger partial charge in [-0.25, -0.2) is 0 Å². The summed E-state index contributed by atoms with van der Waals surface area (Å²) in [4.78, 5) is 16.7. The van der Waals surface area contributed by atoms with Gasteiger partial charge in [-0.1, -0.05) is 0 Å². The van der Waals surface area contributed by atoms with Crippen LogP contribution in [-0.4, -0.2) is 23.9 Å². The molecule has 1 aliphatic heterocycles. The van der Waals surface area contributed by atoms with Crippen molar-refractivity contribution in [2.75, 3.05) is 13.1 Å². The lowest BCUT2D eigenvalue weighted by atomic mass is 9.94. The summed E-state index contributed by atoms with van der Waals surface area (Å²) in [7, 11) is 0. The second kappa shape index (κ2) is 3.98. The highest BCUT2D eigenvalue weighted by molar-refractivity contribution is 7.09. The highest BCUT2D eigenvalue weighted by Crippen LogP contribution is 2.15. The number of hydrogen-bond acceptors (Lipinski definition) is 4. The van der Waals surface area contributed by atoms with E-state index < -0.39 is 0 Å². The first-order valence-corrected chi connectivity index (χ1v) is 5.35. The molecule has 0 aromatic carbocycles. The second-order valence-electron chi connectivity index (χ2n) is 3.29. The zero-order chi connectivity index (χ0) is 9.10. The van der Waals surface area contributed by atoms with Crippen LogP contribution in [-0.2, 0) is 11.2 Å². The van der Waals surface area contributed by atoms with Gasteiger partial charge in [0.1, 0.15) is 5.78 Å². The first-order chi connectivity index (χ1) is 6.36. The Hall–Kier alpha value is -0.740. The van der Waals surface area contributed by atoms with Gasteiger partial charge in [0, 0.05) is 36.5 Å². The van der Waals surface area contributed by atoms with Crippen molar-refractivity contribution in [3.63, 3.8) is 0 Å². The summed E-state index contributed by atoms with van der Waals surface area (Å²) in [5.74, 6) is 0.571. The lowest BCUT2D eigenvalue weighted by Crippen LogP contribution is -2.37. The van der Waals surface area contributed by atoms with Crippen molar-refractivity contribution >= 4 is 17.1 Å². The van der Waals surface area contributed by atoms with E-state index in [0.717, 1.165) is 19.5 Å². The van der Waals surface area contributed by atoms with Gasteiger partial charge in [-0.05, 0) is 6.42 Å². The van der Waals surface area contributed by atoms with Gasteiger partial charge in [0.05, 0.1) is 5.51 Å². The van der Waals surface area contributed by atoms with Crippen molar-refractivity contribution in [1.29, 1.82) is 0 Å². The third-order valence-corrected chi connectivity index (χ3v) is 3.13. The number of rotatable bonds is 2. The van der Waals surface area contributed by atoms with E-state index in [-0.39, 0.29) is 5.92 Å². The van der Waals surface area contributed by atoms with E-state index in [1.165, 1.54) is 4.88 Å². The molecule has 0 saturated carbocycles. The molecule has 2 rings (SSSR count). The van der Waals surface area contributed by atoms with Crippen molar-refractivity contribution < 1.29 is 4.79 Å². The summed E-state index contributed by atoms with van der Waals surface area (Å²) < 4.78 is 0. The molecule has 70 valence electrons. The van der Waals surface area contributed by atoms with Crippen molar-refractivity contribution in [2.24, 2.45) is 5.92 Å². The van der Waals surface area contributed by atoms with Crippen LogP contribution in [0.5, 0.6) is 0 Å². The second-order valence-corrected chi connectivity index (χ2v) is 4.26. The number of Topliss-reactive ketones (excluding diaryl/α,β-unsaturated/α-hetero) is 1. The Morgan fingerprint density at radius 1 is 1.69 bits per heavy atom. The van der Waals surface area contributed by atoms with E-state index in [0.29, 0.717) is 12.2 Å². The highest BCUT2D eigenvalue weighted by atomic mass is 32.1. The smallest absolute Gasteiger partial charge is 0.138 e. The van der Waals surface area contributed by atoms with Crippen molar-refractivity contribution in [2.45, 2.75) is 12.8 Å². The maximum absolute atomic E-state index is 11.5.